The van der Waals surface area contributed by atoms with Crippen molar-refractivity contribution in [1.29, 1.82) is 0 Å². The number of nitro benzene ring substituents is 1. The van der Waals surface area contributed by atoms with E-state index in [4.69, 9.17) is 25.8 Å². The maximum atomic E-state index is 12.1. The molecular formula is C20H19ClN2O7. The van der Waals surface area contributed by atoms with Crippen molar-refractivity contribution in [3.8, 4) is 5.75 Å². The molecule has 1 aliphatic heterocycles. The molecule has 0 spiro atoms. The highest BCUT2D eigenvalue weighted by molar-refractivity contribution is 6.34. The van der Waals surface area contributed by atoms with Gasteiger partial charge in [-0.1, -0.05) is 11.6 Å². The summed E-state index contributed by atoms with van der Waals surface area (Å²) in [7, 11) is 0. The van der Waals surface area contributed by atoms with E-state index in [1.54, 1.807) is 12.1 Å². The number of nitro groups is 1. The number of esters is 1. The number of hydrogen-bond acceptors (Lipinski definition) is 7. The van der Waals surface area contributed by atoms with Crippen LogP contribution in [-0.4, -0.2) is 42.7 Å². The normalized spacial score (nSPS) is 15.4. The summed E-state index contributed by atoms with van der Waals surface area (Å²) >= 11 is 5.91. The summed E-state index contributed by atoms with van der Waals surface area (Å²) < 4.78 is 16.1. The summed E-state index contributed by atoms with van der Waals surface area (Å²) in [6.07, 6.45) is 2.10. The van der Waals surface area contributed by atoms with E-state index in [-0.39, 0.29) is 28.1 Å². The highest BCUT2D eigenvalue weighted by Gasteiger charge is 2.17. The number of rotatable bonds is 8. The predicted octanol–water partition coefficient (Wildman–Crippen LogP) is 3.60. The number of anilines is 1. The lowest BCUT2D eigenvalue weighted by molar-refractivity contribution is -0.384. The minimum atomic E-state index is -0.675. The van der Waals surface area contributed by atoms with Crippen molar-refractivity contribution in [2.24, 2.45) is 0 Å². The molecule has 0 aliphatic carbocycles. The van der Waals surface area contributed by atoms with E-state index in [0.717, 1.165) is 25.5 Å². The third-order valence-corrected chi connectivity index (χ3v) is 4.63. The Balaban J connectivity index is 1.46. The topological polar surface area (TPSA) is 117 Å². The lowest BCUT2D eigenvalue weighted by Gasteiger charge is -2.11. The molecule has 0 bridgehead atoms. The molecule has 1 N–H and O–H groups in total. The summed E-state index contributed by atoms with van der Waals surface area (Å²) in [6, 6.07) is 9.98. The predicted molar refractivity (Wildman–Crippen MR) is 108 cm³/mol. The number of carbonyl (C=O) groups is 2. The monoisotopic (exact) mass is 434 g/mol. The number of amides is 1. The molecule has 2 aromatic carbocycles. The van der Waals surface area contributed by atoms with E-state index in [9.17, 15) is 19.7 Å². The molecule has 30 heavy (non-hydrogen) atoms. The second kappa shape index (κ2) is 10.0. The lowest BCUT2D eigenvalue weighted by Crippen LogP contribution is -2.21. The molecule has 0 unspecified atom stereocenters. The fourth-order valence-electron chi connectivity index (χ4n) is 2.77. The van der Waals surface area contributed by atoms with Crippen LogP contribution in [0, 0.1) is 10.1 Å². The Labute approximate surface area is 177 Å². The molecule has 1 aliphatic rings. The fourth-order valence-corrected chi connectivity index (χ4v) is 2.99. The summed E-state index contributed by atoms with van der Waals surface area (Å²) in [5.41, 5.74) is 0.240. The Kier molecular flexibility index (Phi) is 7.21. The summed E-state index contributed by atoms with van der Waals surface area (Å²) in [4.78, 5) is 34.2. The molecule has 0 saturated carbocycles. The van der Waals surface area contributed by atoms with Gasteiger partial charge in [0.1, 0.15) is 12.4 Å². The summed E-state index contributed by atoms with van der Waals surface area (Å²) in [5.74, 6) is -0.700. The second-order valence-corrected chi connectivity index (χ2v) is 6.92. The number of nitrogens with zero attached hydrogens (tertiary/aromatic N) is 1. The Morgan fingerprint density at radius 2 is 2.00 bits per heavy atom. The Hall–Kier alpha value is -3.17. The van der Waals surface area contributed by atoms with Crippen LogP contribution in [0.3, 0.4) is 0 Å². The van der Waals surface area contributed by atoms with Crippen molar-refractivity contribution < 1.29 is 28.7 Å². The van der Waals surface area contributed by atoms with Gasteiger partial charge in [0, 0.05) is 18.7 Å². The first kappa shape index (κ1) is 21.5. The number of non-ortho nitro benzene ring substituents is 1. The first-order chi connectivity index (χ1) is 14.4. The molecule has 9 nitrogen and oxygen atoms in total. The van der Waals surface area contributed by atoms with E-state index in [2.05, 4.69) is 5.32 Å². The molecule has 0 radical (unpaired) electrons. The van der Waals surface area contributed by atoms with Gasteiger partial charge in [-0.15, -0.1) is 0 Å². The van der Waals surface area contributed by atoms with Gasteiger partial charge >= 0.3 is 5.97 Å². The lowest BCUT2D eigenvalue weighted by atomic mass is 10.2. The Morgan fingerprint density at radius 1 is 1.23 bits per heavy atom. The largest absolute Gasteiger partial charge is 0.491 e. The van der Waals surface area contributed by atoms with Crippen LogP contribution < -0.4 is 10.1 Å². The Morgan fingerprint density at radius 3 is 2.63 bits per heavy atom. The van der Waals surface area contributed by atoms with Gasteiger partial charge in [-0.2, -0.15) is 0 Å². The highest BCUT2D eigenvalue weighted by Crippen LogP contribution is 2.26. The van der Waals surface area contributed by atoms with Crippen LogP contribution in [0.5, 0.6) is 5.75 Å². The number of carbonyl (C=O) groups excluding carboxylic acids is 2. The van der Waals surface area contributed by atoms with Crippen molar-refractivity contribution in [1.82, 2.24) is 0 Å². The van der Waals surface area contributed by atoms with Gasteiger partial charge in [-0.05, 0) is 43.2 Å². The van der Waals surface area contributed by atoms with Gasteiger partial charge in [-0.3, -0.25) is 14.9 Å². The van der Waals surface area contributed by atoms with E-state index < -0.39 is 23.4 Å². The van der Waals surface area contributed by atoms with Crippen LogP contribution in [0.1, 0.15) is 23.2 Å². The summed E-state index contributed by atoms with van der Waals surface area (Å²) in [6.45, 7) is 0.668. The highest BCUT2D eigenvalue weighted by atomic mass is 35.5. The standard InChI is InChI=1S/C20H19ClN2O7/c21-17-10-14(23(26)27)5-8-18(17)22-19(24)12-30-20(25)13-3-6-15(7-4-13)29-11-16-2-1-9-28-16/h3-8,10,16H,1-2,9,11-12H2,(H,22,24)/t16-/m0/s1. The first-order valence-electron chi connectivity index (χ1n) is 9.18. The van der Waals surface area contributed by atoms with Crippen molar-refractivity contribution in [2.75, 3.05) is 25.1 Å². The molecule has 1 amide bonds. The number of hydrogen-bond donors (Lipinski definition) is 1. The van der Waals surface area contributed by atoms with Crippen molar-refractivity contribution >= 4 is 34.9 Å². The molecule has 1 fully saturated rings. The van der Waals surface area contributed by atoms with Gasteiger partial charge in [0.15, 0.2) is 6.61 Å². The average molecular weight is 435 g/mol. The zero-order valence-electron chi connectivity index (χ0n) is 15.8. The average Bonchev–Trinajstić information content (AvgIpc) is 3.26. The smallest absolute Gasteiger partial charge is 0.338 e. The molecule has 1 atom stereocenters. The second-order valence-electron chi connectivity index (χ2n) is 6.52. The van der Waals surface area contributed by atoms with Crippen LogP contribution in [-0.2, 0) is 14.3 Å². The number of benzene rings is 2. The van der Waals surface area contributed by atoms with Crippen molar-refractivity contribution in [3.63, 3.8) is 0 Å². The first-order valence-corrected chi connectivity index (χ1v) is 9.55. The van der Waals surface area contributed by atoms with Gasteiger partial charge in [-0.25, -0.2) is 4.79 Å². The van der Waals surface area contributed by atoms with Gasteiger partial charge in [0.25, 0.3) is 11.6 Å². The SMILES string of the molecule is O=C(COC(=O)c1ccc(OC[C@@H]2CCCO2)cc1)Nc1ccc([N+](=O)[O-])cc1Cl. The fraction of sp³-hybridized carbons (Fsp3) is 0.300. The Bertz CT molecular complexity index is 927. The van der Waals surface area contributed by atoms with E-state index in [1.807, 2.05) is 0 Å². The van der Waals surface area contributed by atoms with Crippen LogP contribution in [0.2, 0.25) is 5.02 Å². The van der Waals surface area contributed by atoms with Gasteiger partial charge < -0.3 is 19.5 Å². The number of ether oxygens (including phenoxy) is 3. The molecule has 158 valence electrons. The zero-order chi connectivity index (χ0) is 21.5. The minimum Gasteiger partial charge on any atom is -0.491 e. The third-order valence-electron chi connectivity index (χ3n) is 4.32. The van der Waals surface area contributed by atoms with Crippen molar-refractivity contribution in [3.05, 3.63) is 63.2 Å². The van der Waals surface area contributed by atoms with Gasteiger partial charge in [0.2, 0.25) is 0 Å². The van der Waals surface area contributed by atoms with E-state index in [1.165, 1.54) is 24.3 Å². The zero-order valence-corrected chi connectivity index (χ0v) is 16.6. The molecule has 1 heterocycles. The van der Waals surface area contributed by atoms with Gasteiger partial charge in [0.05, 0.1) is 27.3 Å². The van der Waals surface area contributed by atoms with Crippen LogP contribution >= 0.6 is 11.6 Å². The minimum absolute atomic E-state index is 0.00229. The maximum absolute atomic E-state index is 12.1. The van der Waals surface area contributed by atoms with Crippen LogP contribution in [0.4, 0.5) is 11.4 Å². The van der Waals surface area contributed by atoms with Crippen LogP contribution in [0.15, 0.2) is 42.5 Å². The molecule has 0 aromatic heterocycles. The van der Waals surface area contributed by atoms with Crippen molar-refractivity contribution in [2.45, 2.75) is 18.9 Å². The van der Waals surface area contributed by atoms with E-state index in [0.29, 0.717) is 12.4 Å². The number of halogens is 1. The van der Waals surface area contributed by atoms with Crippen LogP contribution in [0.25, 0.3) is 0 Å². The third kappa shape index (κ3) is 5.91. The number of nitrogens with one attached hydrogen (secondary N) is 1. The molecule has 3 rings (SSSR count). The summed E-state index contributed by atoms with van der Waals surface area (Å²) in [5, 5.41) is 13.1. The van der Waals surface area contributed by atoms with E-state index >= 15 is 0 Å². The molecular weight excluding hydrogens is 416 g/mol. The molecule has 10 heteroatoms. The maximum Gasteiger partial charge on any atom is 0.338 e. The molecule has 1 saturated heterocycles. The quantitative estimate of drug-likeness (QED) is 0.383. The molecule has 2 aromatic rings.